The molecule has 0 aliphatic carbocycles. The Labute approximate surface area is 112 Å². The van der Waals surface area contributed by atoms with Crippen LogP contribution in [0.2, 0.25) is 0 Å². The van der Waals surface area contributed by atoms with Gasteiger partial charge in [-0.2, -0.15) is 0 Å². The number of hydrogen-bond donors (Lipinski definition) is 1. The van der Waals surface area contributed by atoms with Crippen LogP contribution in [0.3, 0.4) is 0 Å². The van der Waals surface area contributed by atoms with E-state index in [0.29, 0.717) is 0 Å². The molecule has 0 aromatic rings. The SMILES string of the molecule is CCCCNC(C)(C)P(=O)(OC(C)C)OC(C)C. The molecule has 5 heteroatoms. The minimum absolute atomic E-state index is 0.123. The first-order chi connectivity index (χ1) is 8.14. The minimum Gasteiger partial charge on any atom is -0.305 e. The van der Waals surface area contributed by atoms with Crippen molar-refractivity contribution in [2.24, 2.45) is 0 Å². The molecule has 0 atom stereocenters. The molecule has 0 spiro atoms. The van der Waals surface area contributed by atoms with Crippen molar-refractivity contribution in [2.45, 2.75) is 78.8 Å². The first-order valence-corrected chi connectivity index (χ1v) is 8.41. The Bertz CT molecular complexity index is 263. The summed E-state index contributed by atoms with van der Waals surface area (Å²) in [6, 6.07) is 0. The highest BCUT2D eigenvalue weighted by Crippen LogP contribution is 2.60. The van der Waals surface area contributed by atoms with Crippen molar-refractivity contribution in [3.63, 3.8) is 0 Å². The Kier molecular flexibility index (Phi) is 7.69. The maximum atomic E-state index is 12.9. The molecule has 0 unspecified atom stereocenters. The van der Waals surface area contributed by atoms with Crippen molar-refractivity contribution < 1.29 is 13.6 Å². The average Bonchev–Trinajstić information content (AvgIpc) is 2.14. The van der Waals surface area contributed by atoms with E-state index in [1.807, 2.05) is 41.5 Å². The molecule has 0 fully saturated rings. The molecule has 18 heavy (non-hydrogen) atoms. The fourth-order valence-corrected chi connectivity index (χ4v) is 3.50. The monoisotopic (exact) mass is 279 g/mol. The molecular formula is C13H30NO3P. The summed E-state index contributed by atoms with van der Waals surface area (Å²) in [5, 5.41) is 2.63. The summed E-state index contributed by atoms with van der Waals surface area (Å²) in [6.45, 7) is 14.2. The molecule has 1 N–H and O–H groups in total. The van der Waals surface area contributed by atoms with Gasteiger partial charge in [-0.3, -0.25) is 4.57 Å². The highest BCUT2D eigenvalue weighted by molar-refractivity contribution is 7.55. The number of rotatable bonds is 9. The van der Waals surface area contributed by atoms with E-state index < -0.39 is 12.9 Å². The average molecular weight is 279 g/mol. The molecule has 0 aromatic carbocycles. The quantitative estimate of drug-likeness (QED) is 0.508. The second-order valence-corrected chi connectivity index (χ2v) is 8.18. The second-order valence-electron chi connectivity index (χ2n) is 5.65. The summed E-state index contributed by atoms with van der Waals surface area (Å²) < 4.78 is 24.2. The Morgan fingerprint density at radius 3 is 1.89 bits per heavy atom. The molecule has 0 aliphatic heterocycles. The summed E-state index contributed by atoms with van der Waals surface area (Å²) >= 11 is 0. The van der Waals surface area contributed by atoms with Gasteiger partial charge in [0.2, 0.25) is 0 Å². The summed E-state index contributed by atoms with van der Waals surface area (Å²) in [5.41, 5.74) is 0. The fourth-order valence-electron chi connectivity index (χ4n) is 1.51. The molecule has 0 heterocycles. The van der Waals surface area contributed by atoms with Crippen molar-refractivity contribution in [3.05, 3.63) is 0 Å². The molecule has 0 aliphatic rings. The van der Waals surface area contributed by atoms with Crippen molar-refractivity contribution in [3.8, 4) is 0 Å². The van der Waals surface area contributed by atoms with Gasteiger partial charge in [-0.05, 0) is 54.5 Å². The van der Waals surface area contributed by atoms with Gasteiger partial charge in [-0.1, -0.05) is 13.3 Å². The summed E-state index contributed by atoms with van der Waals surface area (Å²) in [5.74, 6) is 0. The van der Waals surface area contributed by atoms with Crippen LogP contribution in [0.5, 0.6) is 0 Å². The van der Waals surface area contributed by atoms with Gasteiger partial charge in [-0.25, -0.2) is 0 Å². The van der Waals surface area contributed by atoms with Crippen LogP contribution in [0, 0.1) is 0 Å². The van der Waals surface area contributed by atoms with Gasteiger partial charge >= 0.3 is 7.60 Å². The maximum absolute atomic E-state index is 12.9. The predicted octanol–water partition coefficient (Wildman–Crippen LogP) is 4.16. The topological polar surface area (TPSA) is 47.6 Å². The standard InChI is InChI=1S/C13H30NO3P/c1-8-9-10-14-13(6,7)18(15,16-11(2)3)17-12(4)5/h11-12,14H,8-10H2,1-7H3. The predicted molar refractivity (Wildman–Crippen MR) is 77.0 cm³/mol. The van der Waals surface area contributed by atoms with Gasteiger partial charge in [0.15, 0.2) is 0 Å². The number of nitrogens with one attached hydrogen (secondary N) is 1. The molecule has 0 saturated carbocycles. The third-order valence-corrected chi connectivity index (χ3v) is 5.40. The molecule has 0 rings (SSSR count). The van der Waals surface area contributed by atoms with Gasteiger partial charge in [0.1, 0.15) is 5.28 Å². The van der Waals surface area contributed by atoms with Gasteiger partial charge in [0, 0.05) is 0 Å². The van der Waals surface area contributed by atoms with Gasteiger partial charge in [0.25, 0.3) is 0 Å². The van der Waals surface area contributed by atoms with Crippen molar-refractivity contribution in [1.29, 1.82) is 0 Å². The molecule has 0 amide bonds. The highest BCUT2D eigenvalue weighted by Gasteiger charge is 2.44. The van der Waals surface area contributed by atoms with Gasteiger partial charge in [0.05, 0.1) is 12.2 Å². The van der Waals surface area contributed by atoms with Crippen molar-refractivity contribution in [2.75, 3.05) is 6.54 Å². The van der Waals surface area contributed by atoms with Crippen LogP contribution < -0.4 is 5.32 Å². The third kappa shape index (κ3) is 5.83. The van der Waals surface area contributed by atoms with E-state index in [1.165, 1.54) is 0 Å². The minimum atomic E-state index is -3.19. The smallest absolute Gasteiger partial charge is 0.305 e. The van der Waals surface area contributed by atoms with E-state index in [4.69, 9.17) is 9.05 Å². The van der Waals surface area contributed by atoms with E-state index in [-0.39, 0.29) is 12.2 Å². The Hall–Kier alpha value is 0.110. The fraction of sp³-hybridized carbons (Fsp3) is 1.00. The summed E-state index contributed by atoms with van der Waals surface area (Å²) in [7, 11) is -3.19. The molecular weight excluding hydrogens is 249 g/mol. The first kappa shape index (κ1) is 18.1. The summed E-state index contributed by atoms with van der Waals surface area (Å²) in [6.07, 6.45) is 1.90. The van der Waals surface area contributed by atoms with Crippen LogP contribution in [0.4, 0.5) is 0 Å². The lowest BCUT2D eigenvalue weighted by Crippen LogP contribution is -2.41. The van der Waals surface area contributed by atoms with E-state index in [0.717, 1.165) is 19.4 Å². The Morgan fingerprint density at radius 2 is 1.56 bits per heavy atom. The summed E-state index contributed by atoms with van der Waals surface area (Å²) in [4.78, 5) is 0. The van der Waals surface area contributed by atoms with Crippen LogP contribution in [-0.2, 0) is 13.6 Å². The molecule has 0 radical (unpaired) electrons. The number of hydrogen-bond acceptors (Lipinski definition) is 4. The molecule has 0 saturated heterocycles. The van der Waals surface area contributed by atoms with Crippen LogP contribution in [0.25, 0.3) is 0 Å². The lowest BCUT2D eigenvalue weighted by atomic mass is 10.3. The second kappa shape index (κ2) is 7.64. The van der Waals surface area contributed by atoms with E-state index in [1.54, 1.807) is 0 Å². The third-order valence-electron chi connectivity index (χ3n) is 2.47. The molecule has 0 bridgehead atoms. The maximum Gasteiger partial charge on any atom is 0.350 e. The van der Waals surface area contributed by atoms with Gasteiger partial charge in [-0.15, -0.1) is 0 Å². The zero-order valence-electron chi connectivity index (χ0n) is 12.9. The number of unbranched alkanes of at least 4 members (excludes halogenated alkanes) is 1. The van der Waals surface area contributed by atoms with Gasteiger partial charge < -0.3 is 14.4 Å². The van der Waals surface area contributed by atoms with Crippen molar-refractivity contribution >= 4 is 7.60 Å². The largest absolute Gasteiger partial charge is 0.350 e. The van der Waals surface area contributed by atoms with E-state index >= 15 is 0 Å². The first-order valence-electron chi connectivity index (χ1n) is 6.86. The van der Waals surface area contributed by atoms with Crippen LogP contribution >= 0.6 is 7.60 Å². The van der Waals surface area contributed by atoms with E-state index in [2.05, 4.69) is 12.2 Å². The Morgan fingerprint density at radius 1 is 1.11 bits per heavy atom. The zero-order chi connectivity index (χ0) is 14.4. The zero-order valence-corrected chi connectivity index (χ0v) is 13.8. The lowest BCUT2D eigenvalue weighted by Gasteiger charge is -2.36. The van der Waals surface area contributed by atoms with Crippen LogP contribution in [0.15, 0.2) is 0 Å². The molecule has 4 nitrogen and oxygen atoms in total. The van der Waals surface area contributed by atoms with Crippen LogP contribution in [0.1, 0.15) is 61.3 Å². The molecule has 110 valence electrons. The van der Waals surface area contributed by atoms with Crippen molar-refractivity contribution in [1.82, 2.24) is 5.32 Å². The normalized spacial score (nSPS) is 13.6. The van der Waals surface area contributed by atoms with E-state index in [9.17, 15) is 4.57 Å². The lowest BCUT2D eigenvalue weighted by molar-refractivity contribution is 0.124. The highest BCUT2D eigenvalue weighted by atomic mass is 31.2. The van der Waals surface area contributed by atoms with Crippen LogP contribution in [-0.4, -0.2) is 24.0 Å². The molecule has 0 aromatic heterocycles. The Balaban J connectivity index is 4.86.